The van der Waals surface area contributed by atoms with Crippen molar-refractivity contribution >= 4 is 0 Å². The summed E-state index contributed by atoms with van der Waals surface area (Å²) in [6.07, 6.45) is 1.49. The molecule has 1 heterocycles. The van der Waals surface area contributed by atoms with Crippen molar-refractivity contribution in [1.29, 1.82) is 0 Å². The van der Waals surface area contributed by atoms with Gasteiger partial charge in [0.05, 0.1) is 37.3 Å². The molecule has 0 saturated heterocycles. The standard InChI is InChI=1S/C17H25N3O2/c1-13(2)22-12-15(21)10-20(3)11-17-18-9-16(19-17)14-7-5-4-6-8-14/h4-9,13,15,21H,10-12H2,1-3H3,(H,18,19). The molecule has 0 amide bonds. The Hall–Kier alpha value is -1.69. The highest BCUT2D eigenvalue weighted by Crippen LogP contribution is 2.16. The lowest BCUT2D eigenvalue weighted by molar-refractivity contribution is -0.00655. The second-order valence-corrected chi connectivity index (χ2v) is 5.84. The fourth-order valence-electron chi connectivity index (χ4n) is 2.24. The summed E-state index contributed by atoms with van der Waals surface area (Å²) in [4.78, 5) is 9.75. The van der Waals surface area contributed by atoms with Crippen LogP contribution in [0.4, 0.5) is 0 Å². The zero-order valence-electron chi connectivity index (χ0n) is 13.5. The lowest BCUT2D eigenvalue weighted by atomic mass is 10.2. The Bertz CT molecular complexity index is 554. The molecule has 1 aromatic heterocycles. The normalized spacial score (nSPS) is 13.0. The summed E-state index contributed by atoms with van der Waals surface area (Å²) in [6.45, 7) is 5.49. The molecule has 5 heteroatoms. The molecule has 0 saturated carbocycles. The topological polar surface area (TPSA) is 61.4 Å². The van der Waals surface area contributed by atoms with Gasteiger partial charge in [0.15, 0.2) is 0 Å². The molecule has 0 radical (unpaired) electrons. The van der Waals surface area contributed by atoms with Crippen LogP contribution in [0.5, 0.6) is 0 Å². The Kier molecular flexibility index (Phi) is 6.12. The van der Waals surface area contributed by atoms with Crippen LogP contribution in [0.2, 0.25) is 0 Å². The van der Waals surface area contributed by atoms with E-state index in [1.54, 1.807) is 0 Å². The third-order valence-electron chi connectivity index (χ3n) is 3.28. The summed E-state index contributed by atoms with van der Waals surface area (Å²) in [5.74, 6) is 0.887. The molecule has 0 fully saturated rings. The summed E-state index contributed by atoms with van der Waals surface area (Å²) >= 11 is 0. The average molecular weight is 303 g/mol. The summed E-state index contributed by atoms with van der Waals surface area (Å²) in [5.41, 5.74) is 2.13. The first-order valence-corrected chi connectivity index (χ1v) is 7.62. The molecule has 0 spiro atoms. The van der Waals surface area contributed by atoms with Gasteiger partial charge in [0.2, 0.25) is 0 Å². The zero-order valence-corrected chi connectivity index (χ0v) is 13.5. The molecule has 0 aliphatic heterocycles. The van der Waals surface area contributed by atoms with E-state index in [1.807, 2.05) is 62.3 Å². The van der Waals surface area contributed by atoms with Gasteiger partial charge >= 0.3 is 0 Å². The van der Waals surface area contributed by atoms with Gasteiger partial charge in [-0.05, 0) is 26.5 Å². The van der Waals surface area contributed by atoms with Crippen molar-refractivity contribution in [2.24, 2.45) is 0 Å². The maximum atomic E-state index is 9.93. The van der Waals surface area contributed by atoms with E-state index >= 15 is 0 Å². The van der Waals surface area contributed by atoms with Crippen molar-refractivity contribution in [3.05, 3.63) is 42.4 Å². The zero-order chi connectivity index (χ0) is 15.9. The van der Waals surface area contributed by atoms with Gasteiger partial charge in [-0.15, -0.1) is 0 Å². The minimum atomic E-state index is -0.490. The molecule has 2 rings (SSSR count). The summed E-state index contributed by atoms with van der Waals surface area (Å²) in [6, 6.07) is 10.1. The van der Waals surface area contributed by atoms with Gasteiger partial charge in [0.25, 0.3) is 0 Å². The summed E-state index contributed by atoms with van der Waals surface area (Å²) in [5, 5.41) is 9.93. The smallest absolute Gasteiger partial charge is 0.120 e. The van der Waals surface area contributed by atoms with Gasteiger partial charge in [-0.3, -0.25) is 4.90 Å². The number of ether oxygens (including phenoxy) is 1. The van der Waals surface area contributed by atoms with Crippen LogP contribution in [0, 0.1) is 0 Å². The van der Waals surface area contributed by atoms with Crippen LogP contribution in [0.15, 0.2) is 36.5 Å². The second kappa shape index (κ2) is 8.08. The van der Waals surface area contributed by atoms with Gasteiger partial charge in [-0.25, -0.2) is 4.98 Å². The van der Waals surface area contributed by atoms with E-state index in [2.05, 4.69) is 9.97 Å². The van der Waals surface area contributed by atoms with Crippen molar-refractivity contribution in [3.8, 4) is 11.3 Å². The molecule has 1 unspecified atom stereocenters. The highest BCUT2D eigenvalue weighted by molar-refractivity contribution is 5.57. The maximum absolute atomic E-state index is 9.93. The van der Waals surface area contributed by atoms with Crippen LogP contribution < -0.4 is 0 Å². The Balaban J connectivity index is 1.85. The lowest BCUT2D eigenvalue weighted by Gasteiger charge is -2.20. The first kappa shape index (κ1) is 16.7. The monoisotopic (exact) mass is 303 g/mol. The molecule has 22 heavy (non-hydrogen) atoms. The van der Waals surface area contributed by atoms with E-state index < -0.39 is 6.10 Å². The number of aliphatic hydroxyl groups is 1. The molecule has 1 aromatic carbocycles. The van der Waals surface area contributed by atoms with Crippen molar-refractivity contribution in [2.45, 2.75) is 32.6 Å². The largest absolute Gasteiger partial charge is 0.389 e. The summed E-state index contributed by atoms with van der Waals surface area (Å²) in [7, 11) is 1.96. The number of benzene rings is 1. The number of aliphatic hydroxyl groups excluding tert-OH is 1. The number of rotatable bonds is 8. The number of hydrogen-bond donors (Lipinski definition) is 2. The third kappa shape index (κ3) is 5.26. The fourth-order valence-corrected chi connectivity index (χ4v) is 2.24. The SMILES string of the molecule is CC(C)OCC(O)CN(C)Cc1ncc(-c2ccccc2)[nH]1. The number of imidazole rings is 1. The van der Waals surface area contributed by atoms with Crippen LogP contribution in [-0.4, -0.2) is 52.4 Å². The number of likely N-dealkylation sites (N-methyl/N-ethyl adjacent to an activating group) is 1. The Morgan fingerprint density at radius 3 is 2.68 bits per heavy atom. The van der Waals surface area contributed by atoms with Crippen LogP contribution >= 0.6 is 0 Å². The number of H-pyrrole nitrogens is 1. The van der Waals surface area contributed by atoms with Gasteiger partial charge < -0.3 is 14.8 Å². The van der Waals surface area contributed by atoms with E-state index in [1.165, 1.54) is 0 Å². The Morgan fingerprint density at radius 1 is 1.27 bits per heavy atom. The van der Waals surface area contributed by atoms with E-state index in [-0.39, 0.29) is 6.10 Å². The molecule has 1 atom stereocenters. The van der Waals surface area contributed by atoms with Crippen LogP contribution in [0.1, 0.15) is 19.7 Å². The summed E-state index contributed by atoms with van der Waals surface area (Å²) < 4.78 is 5.42. The van der Waals surface area contributed by atoms with Gasteiger partial charge in [-0.2, -0.15) is 0 Å². The van der Waals surface area contributed by atoms with Gasteiger partial charge in [0, 0.05) is 6.54 Å². The number of aromatic nitrogens is 2. The van der Waals surface area contributed by atoms with Gasteiger partial charge in [-0.1, -0.05) is 30.3 Å². The molecule has 0 aliphatic rings. The van der Waals surface area contributed by atoms with Crippen molar-refractivity contribution in [2.75, 3.05) is 20.2 Å². The molecule has 120 valence electrons. The second-order valence-electron chi connectivity index (χ2n) is 5.84. The predicted octanol–water partition coefficient (Wildman–Crippen LogP) is 2.29. The maximum Gasteiger partial charge on any atom is 0.120 e. The molecular formula is C17H25N3O2. The van der Waals surface area contributed by atoms with Crippen molar-refractivity contribution in [1.82, 2.24) is 14.9 Å². The highest BCUT2D eigenvalue weighted by atomic mass is 16.5. The first-order chi connectivity index (χ1) is 10.5. The molecule has 0 aliphatic carbocycles. The molecule has 5 nitrogen and oxygen atoms in total. The van der Waals surface area contributed by atoms with Crippen molar-refractivity contribution in [3.63, 3.8) is 0 Å². The molecule has 0 bridgehead atoms. The number of nitrogens with zero attached hydrogens (tertiary/aromatic N) is 2. The molecule has 2 aromatic rings. The number of aromatic amines is 1. The third-order valence-corrected chi connectivity index (χ3v) is 3.28. The van der Waals surface area contributed by atoms with E-state index in [9.17, 15) is 5.11 Å². The van der Waals surface area contributed by atoms with Gasteiger partial charge in [0.1, 0.15) is 5.82 Å². The van der Waals surface area contributed by atoms with E-state index in [0.29, 0.717) is 19.7 Å². The first-order valence-electron chi connectivity index (χ1n) is 7.62. The van der Waals surface area contributed by atoms with Crippen LogP contribution in [0.3, 0.4) is 0 Å². The Labute approximate surface area is 132 Å². The predicted molar refractivity (Wildman–Crippen MR) is 87.5 cm³/mol. The Morgan fingerprint density at radius 2 is 2.00 bits per heavy atom. The van der Waals surface area contributed by atoms with E-state index in [4.69, 9.17) is 4.74 Å². The minimum absolute atomic E-state index is 0.137. The molecular weight excluding hydrogens is 278 g/mol. The van der Waals surface area contributed by atoms with Crippen LogP contribution in [-0.2, 0) is 11.3 Å². The van der Waals surface area contributed by atoms with E-state index in [0.717, 1.165) is 17.1 Å². The minimum Gasteiger partial charge on any atom is -0.389 e. The van der Waals surface area contributed by atoms with Crippen molar-refractivity contribution < 1.29 is 9.84 Å². The highest BCUT2D eigenvalue weighted by Gasteiger charge is 2.11. The number of hydrogen-bond acceptors (Lipinski definition) is 4. The quantitative estimate of drug-likeness (QED) is 0.785. The average Bonchev–Trinajstić information content (AvgIpc) is 2.94. The molecule has 2 N–H and O–H groups in total. The number of nitrogens with one attached hydrogen (secondary N) is 1. The fraction of sp³-hybridized carbons (Fsp3) is 0.471. The van der Waals surface area contributed by atoms with Crippen LogP contribution in [0.25, 0.3) is 11.3 Å². The lowest BCUT2D eigenvalue weighted by Crippen LogP contribution is -2.32.